The van der Waals surface area contributed by atoms with E-state index in [-0.39, 0.29) is 12.4 Å². The van der Waals surface area contributed by atoms with Crippen molar-refractivity contribution in [3.63, 3.8) is 0 Å². The molecule has 0 radical (unpaired) electrons. The van der Waals surface area contributed by atoms with Crippen LogP contribution in [0.3, 0.4) is 0 Å². The van der Waals surface area contributed by atoms with Gasteiger partial charge in [-0.05, 0) is 23.4 Å². The number of rotatable bonds is 3. The topological polar surface area (TPSA) is 67.0 Å². The molecule has 0 saturated heterocycles. The fourth-order valence-electron chi connectivity index (χ4n) is 2.12. The monoisotopic (exact) mass is 287 g/mol. The Bertz CT molecular complexity index is 781. The van der Waals surface area contributed by atoms with Gasteiger partial charge < -0.3 is 5.11 Å². The molecule has 0 aliphatic rings. The third kappa shape index (κ3) is 1.97. The number of imidazole rings is 1. The van der Waals surface area contributed by atoms with Crippen LogP contribution in [-0.2, 0) is 6.61 Å². The lowest BCUT2D eigenvalue weighted by molar-refractivity contribution is 0.282. The second-order valence-electron chi connectivity index (χ2n) is 4.27. The molecule has 2 heterocycles. The van der Waals surface area contributed by atoms with Gasteiger partial charge in [0.1, 0.15) is 11.3 Å². The van der Waals surface area contributed by atoms with Gasteiger partial charge in [-0.3, -0.25) is 4.40 Å². The minimum absolute atomic E-state index is 0.153. The number of aromatic nitrogens is 2. The maximum absolute atomic E-state index is 11.1. The van der Waals surface area contributed by atoms with Gasteiger partial charge in [-0.1, -0.05) is 29.8 Å². The molecule has 0 fully saturated rings. The van der Waals surface area contributed by atoms with Gasteiger partial charge in [0.05, 0.1) is 6.61 Å². The minimum atomic E-state index is -0.153. The molecule has 0 atom stereocenters. The highest BCUT2D eigenvalue weighted by Gasteiger charge is 2.16. The summed E-state index contributed by atoms with van der Waals surface area (Å²) >= 11 is 5.86. The molecule has 0 spiro atoms. The molecule has 3 aromatic rings. The Morgan fingerprint density at radius 1 is 1.25 bits per heavy atom. The van der Waals surface area contributed by atoms with E-state index in [1.54, 1.807) is 47.0 Å². The Kier molecular flexibility index (Phi) is 3.22. The van der Waals surface area contributed by atoms with E-state index in [1.807, 2.05) is 0 Å². The maximum atomic E-state index is 11.1. The van der Waals surface area contributed by atoms with E-state index in [0.29, 0.717) is 21.9 Å². The maximum Gasteiger partial charge on any atom is 0.209 e. The van der Waals surface area contributed by atoms with Crippen LogP contribution in [-0.4, -0.2) is 14.5 Å². The molecule has 2 aromatic heterocycles. The van der Waals surface area contributed by atoms with Crippen molar-refractivity contribution in [2.45, 2.75) is 6.61 Å². The third-order valence-corrected chi connectivity index (χ3v) is 3.33. The highest BCUT2D eigenvalue weighted by Crippen LogP contribution is 2.32. The van der Waals surface area contributed by atoms with Crippen LogP contribution in [0.15, 0.2) is 47.8 Å². The average Bonchev–Trinajstić information content (AvgIpc) is 2.86. The van der Waals surface area contributed by atoms with Crippen molar-refractivity contribution in [1.29, 1.82) is 0 Å². The van der Waals surface area contributed by atoms with Crippen molar-refractivity contribution in [3.8, 4) is 11.3 Å². The average molecular weight is 288 g/mol. The van der Waals surface area contributed by atoms with E-state index < -0.39 is 0 Å². The number of nitrogens with zero attached hydrogens (tertiary/aromatic N) is 3. The molecule has 100 valence electrons. The van der Waals surface area contributed by atoms with Gasteiger partial charge in [0, 0.05) is 22.3 Å². The first kappa shape index (κ1) is 12.8. The summed E-state index contributed by atoms with van der Waals surface area (Å²) in [6.45, 7) is -0.153. The van der Waals surface area contributed by atoms with Crippen molar-refractivity contribution in [3.05, 3.63) is 58.1 Å². The summed E-state index contributed by atoms with van der Waals surface area (Å²) in [4.78, 5) is 15.6. The predicted molar refractivity (Wildman–Crippen MR) is 77.0 cm³/mol. The van der Waals surface area contributed by atoms with E-state index in [2.05, 4.69) is 10.2 Å². The summed E-state index contributed by atoms with van der Waals surface area (Å²) in [6, 6.07) is 10.5. The smallest absolute Gasteiger partial charge is 0.209 e. The fourth-order valence-corrected chi connectivity index (χ4v) is 2.25. The lowest BCUT2D eigenvalue weighted by atomic mass is 10.1. The molecule has 20 heavy (non-hydrogen) atoms. The van der Waals surface area contributed by atoms with Crippen molar-refractivity contribution in [2.24, 2.45) is 5.18 Å². The van der Waals surface area contributed by atoms with Crippen molar-refractivity contribution in [1.82, 2.24) is 9.38 Å². The molecule has 6 heteroatoms. The Balaban J connectivity index is 2.30. The first-order chi connectivity index (χ1) is 9.74. The third-order valence-electron chi connectivity index (χ3n) is 3.08. The van der Waals surface area contributed by atoms with Crippen LogP contribution in [0, 0.1) is 4.91 Å². The van der Waals surface area contributed by atoms with Crippen LogP contribution in [0.4, 0.5) is 5.82 Å². The number of benzene rings is 1. The predicted octanol–water partition coefficient (Wildman–Crippen LogP) is 3.54. The number of halogens is 1. The number of pyridine rings is 1. The molecule has 0 aliphatic carbocycles. The number of hydrogen-bond acceptors (Lipinski definition) is 4. The first-order valence-electron chi connectivity index (χ1n) is 5.94. The lowest BCUT2D eigenvalue weighted by Gasteiger charge is -1.98. The summed E-state index contributed by atoms with van der Waals surface area (Å²) in [6.07, 6.45) is 1.69. The highest BCUT2D eigenvalue weighted by atomic mass is 35.5. The summed E-state index contributed by atoms with van der Waals surface area (Å²) in [5, 5.41) is 13.0. The van der Waals surface area contributed by atoms with Gasteiger partial charge in [-0.15, -0.1) is 4.91 Å². The Hall–Kier alpha value is -2.24. The molecule has 5 nitrogen and oxygen atoms in total. The van der Waals surface area contributed by atoms with E-state index in [0.717, 1.165) is 5.56 Å². The second kappa shape index (κ2) is 5.03. The van der Waals surface area contributed by atoms with Crippen LogP contribution >= 0.6 is 11.6 Å². The molecular formula is C14H10ClN3O2. The van der Waals surface area contributed by atoms with Gasteiger partial charge in [0.15, 0.2) is 0 Å². The summed E-state index contributed by atoms with van der Waals surface area (Å²) in [5.41, 5.74) is 2.38. The van der Waals surface area contributed by atoms with Gasteiger partial charge >= 0.3 is 0 Å². The zero-order valence-electron chi connectivity index (χ0n) is 10.3. The van der Waals surface area contributed by atoms with Gasteiger partial charge in [-0.2, -0.15) is 0 Å². The van der Waals surface area contributed by atoms with E-state index in [9.17, 15) is 10.0 Å². The van der Waals surface area contributed by atoms with Crippen LogP contribution in [0.1, 0.15) is 5.56 Å². The van der Waals surface area contributed by atoms with Crippen LogP contribution < -0.4 is 0 Å². The summed E-state index contributed by atoms with van der Waals surface area (Å²) in [5.74, 6) is 0.206. The van der Waals surface area contributed by atoms with E-state index >= 15 is 0 Å². The molecule has 0 unspecified atom stereocenters. The number of nitroso groups, excluding NO2 is 1. The Morgan fingerprint density at radius 3 is 2.65 bits per heavy atom. The molecule has 0 amide bonds. The number of aliphatic hydroxyl groups is 1. The molecule has 0 aliphatic heterocycles. The first-order valence-corrected chi connectivity index (χ1v) is 6.32. The standard InChI is InChI=1S/C14H10ClN3O2/c15-11-5-3-9(4-6-11)12-14(17-20)18-7-1-2-10(8-19)13(18)16-12/h1-7,19H,8H2. The quantitative estimate of drug-likeness (QED) is 0.749. The zero-order chi connectivity index (χ0) is 14.1. The van der Waals surface area contributed by atoms with Gasteiger partial charge in [-0.25, -0.2) is 4.98 Å². The normalized spacial score (nSPS) is 10.9. The molecule has 1 N–H and O–H groups in total. The van der Waals surface area contributed by atoms with E-state index in [4.69, 9.17) is 11.6 Å². The molecule has 1 aromatic carbocycles. The SMILES string of the molecule is O=Nc1c(-c2ccc(Cl)cc2)nc2c(CO)cccn12. The second-order valence-corrected chi connectivity index (χ2v) is 4.70. The Morgan fingerprint density at radius 2 is 2.00 bits per heavy atom. The van der Waals surface area contributed by atoms with Gasteiger partial charge in [0.25, 0.3) is 0 Å². The fraction of sp³-hybridized carbons (Fsp3) is 0.0714. The van der Waals surface area contributed by atoms with E-state index in [1.165, 1.54) is 0 Å². The number of aliphatic hydroxyl groups excluding tert-OH is 1. The lowest BCUT2D eigenvalue weighted by Crippen LogP contribution is -1.90. The largest absolute Gasteiger partial charge is 0.392 e. The van der Waals surface area contributed by atoms with Crippen LogP contribution in [0.25, 0.3) is 16.9 Å². The minimum Gasteiger partial charge on any atom is -0.392 e. The van der Waals surface area contributed by atoms with Crippen molar-refractivity contribution >= 4 is 23.1 Å². The van der Waals surface area contributed by atoms with Gasteiger partial charge in [0.2, 0.25) is 5.82 Å². The highest BCUT2D eigenvalue weighted by molar-refractivity contribution is 6.30. The van der Waals surface area contributed by atoms with Crippen molar-refractivity contribution in [2.75, 3.05) is 0 Å². The van der Waals surface area contributed by atoms with Crippen LogP contribution in [0.2, 0.25) is 5.02 Å². The zero-order valence-corrected chi connectivity index (χ0v) is 11.1. The number of hydrogen-bond donors (Lipinski definition) is 1. The summed E-state index contributed by atoms with van der Waals surface area (Å²) < 4.78 is 1.57. The molecule has 3 rings (SSSR count). The van der Waals surface area contributed by atoms with Crippen LogP contribution in [0.5, 0.6) is 0 Å². The molecule has 0 bridgehead atoms. The number of fused-ring (bicyclic) bond motifs is 1. The molecular weight excluding hydrogens is 278 g/mol. The molecule has 0 saturated carbocycles. The van der Waals surface area contributed by atoms with Crippen molar-refractivity contribution < 1.29 is 5.11 Å². The summed E-state index contributed by atoms with van der Waals surface area (Å²) in [7, 11) is 0. The Labute approximate surface area is 119 Å².